The van der Waals surface area contributed by atoms with Crippen molar-refractivity contribution in [2.45, 2.75) is 160 Å². The van der Waals surface area contributed by atoms with Crippen LogP contribution in [-0.4, -0.2) is 108 Å². The monoisotopic (exact) mass is 682 g/mol. The maximum Gasteiger partial charge on any atom is 0.317 e. The molecule has 2 heterocycles. The third-order valence-corrected chi connectivity index (χ3v) is 16.5. The van der Waals surface area contributed by atoms with Crippen molar-refractivity contribution in [3.05, 3.63) is 0 Å². The Hall–Kier alpha value is -0.930. The SMILES string of the molecule is CC(C)[C@@]1(O)C[C@@H]([C@@H](C)[C@H]2CC[C@@]3(C)[C@@H]4CC[C@H]5[C@](C)(C(=O)O[C@H]6O[C@@H](O)[C@H](O)[C@@H](O)[C@@H]6O)[C@@H](O)C[C@H](O)[C@@]56C[C@@]46CC[C@]23C)O[C@H]1O. The minimum Gasteiger partial charge on any atom is -0.432 e. The Morgan fingerprint density at radius 3 is 2.10 bits per heavy atom. The Morgan fingerprint density at radius 2 is 1.46 bits per heavy atom. The first kappa shape index (κ1) is 35.5. The molecule has 7 aliphatic rings. The van der Waals surface area contributed by atoms with Gasteiger partial charge in [-0.25, -0.2) is 0 Å². The van der Waals surface area contributed by atoms with E-state index in [0.29, 0.717) is 24.7 Å². The zero-order chi connectivity index (χ0) is 35.1. The van der Waals surface area contributed by atoms with Crippen LogP contribution in [0.25, 0.3) is 0 Å². The second-order valence-electron chi connectivity index (χ2n) is 18.1. The average Bonchev–Trinajstić information content (AvgIpc) is 3.52. The van der Waals surface area contributed by atoms with Gasteiger partial charge in [0.05, 0.1) is 23.7 Å². The molecular weight excluding hydrogens is 624 g/mol. The number of rotatable bonds is 5. The van der Waals surface area contributed by atoms with Crippen molar-refractivity contribution in [2.24, 2.45) is 56.7 Å². The van der Waals surface area contributed by atoms with Crippen molar-refractivity contribution < 1.29 is 59.9 Å². The fourth-order valence-corrected chi connectivity index (χ4v) is 13.2. The Labute approximate surface area is 282 Å². The van der Waals surface area contributed by atoms with Crippen molar-refractivity contribution in [1.82, 2.24) is 0 Å². The van der Waals surface area contributed by atoms with E-state index in [1.165, 1.54) is 0 Å². The lowest BCUT2D eigenvalue weighted by atomic mass is 9.41. The van der Waals surface area contributed by atoms with Gasteiger partial charge >= 0.3 is 5.97 Å². The van der Waals surface area contributed by atoms with Crippen LogP contribution in [0.3, 0.4) is 0 Å². The minimum absolute atomic E-state index is 0.00234. The van der Waals surface area contributed by atoms with Crippen LogP contribution in [-0.2, 0) is 19.0 Å². The van der Waals surface area contributed by atoms with Crippen LogP contribution in [0.15, 0.2) is 0 Å². The molecule has 12 nitrogen and oxygen atoms in total. The van der Waals surface area contributed by atoms with Crippen molar-refractivity contribution in [3.63, 3.8) is 0 Å². The molecule has 2 saturated heterocycles. The van der Waals surface area contributed by atoms with E-state index in [0.717, 1.165) is 38.5 Å². The molecule has 7 fully saturated rings. The Balaban J connectivity index is 1.14. The van der Waals surface area contributed by atoms with Crippen LogP contribution in [0.4, 0.5) is 0 Å². The van der Waals surface area contributed by atoms with Gasteiger partial charge in [0.25, 0.3) is 0 Å². The first-order chi connectivity index (χ1) is 22.3. The maximum absolute atomic E-state index is 14.0. The zero-order valence-electron chi connectivity index (χ0n) is 29.2. The lowest BCUT2D eigenvalue weighted by molar-refractivity contribution is -0.335. The highest BCUT2D eigenvalue weighted by molar-refractivity contribution is 5.78. The molecule has 0 aromatic rings. The number of carbonyl (C=O) groups excluding carboxylic acids is 1. The van der Waals surface area contributed by atoms with Gasteiger partial charge < -0.3 is 55.1 Å². The van der Waals surface area contributed by atoms with Gasteiger partial charge in [-0.15, -0.1) is 0 Å². The lowest BCUT2D eigenvalue weighted by Crippen LogP contribution is -2.65. The normalized spacial score (nSPS) is 59.6. The van der Waals surface area contributed by atoms with E-state index in [2.05, 4.69) is 20.8 Å². The Morgan fingerprint density at radius 1 is 0.792 bits per heavy atom. The highest BCUT2D eigenvalue weighted by Gasteiger charge is 2.86. The summed E-state index contributed by atoms with van der Waals surface area (Å²) in [5.74, 6) is -0.626. The van der Waals surface area contributed by atoms with Crippen molar-refractivity contribution in [1.29, 1.82) is 0 Å². The molecular formula is C36H58O12. The van der Waals surface area contributed by atoms with Crippen molar-refractivity contribution in [2.75, 3.05) is 0 Å². The minimum atomic E-state index is -1.87. The molecule has 0 aromatic heterocycles. The van der Waals surface area contributed by atoms with Gasteiger partial charge in [0.1, 0.15) is 23.9 Å². The molecule has 2 spiro atoms. The third kappa shape index (κ3) is 4.22. The summed E-state index contributed by atoms with van der Waals surface area (Å²) in [6.45, 7) is 12.5. The second-order valence-corrected chi connectivity index (χ2v) is 18.1. The van der Waals surface area contributed by atoms with Crippen LogP contribution in [0.5, 0.6) is 0 Å². The molecule has 2 aliphatic heterocycles. The van der Waals surface area contributed by atoms with Crippen molar-refractivity contribution >= 4 is 5.97 Å². The summed E-state index contributed by atoms with van der Waals surface area (Å²) < 4.78 is 16.8. The van der Waals surface area contributed by atoms with Crippen LogP contribution in [0.2, 0.25) is 0 Å². The van der Waals surface area contributed by atoms with E-state index < -0.39 is 77.7 Å². The lowest BCUT2D eigenvalue weighted by Gasteiger charge is -2.64. The molecule has 12 heteroatoms. The number of aliphatic hydroxyl groups excluding tert-OH is 7. The number of hydrogen-bond donors (Lipinski definition) is 8. The zero-order valence-corrected chi connectivity index (χ0v) is 29.2. The third-order valence-electron chi connectivity index (χ3n) is 16.5. The number of aliphatic hydroxyl groups is 8. The fourth-order valence-electron chi connectivity index (χ4n) is 13.2. The van der Waals surface area contributed by atoms with E-state index in [1.807, 2.05) is 13.8 Å². The average molecular weight is 683 g/mol. The van der Waals surface area contributed by atoms with Crippen LogP contribution < -0.4 is 0 Å². The predicted octanol–water partition coefficient (Wildman–Crippen LogP) is 1.17. The molecule has 5 saturated carbocycles. The molecule has 19 atom stereocenters. The molecule has 0 bridgehead atoms. The van der Waals surface area contributed by atoms with Gasteiger partial charge in [-0.1, -0.05) is 34.6 Å². The van der Waals surface area contributed by atoms with Crippen LogP contribution in [0.1, 0.15) is 99.3 Å². The molecule has 274 valence electrons. The Kier molecular flexibility index (Phi) is 8.16. The maximum atomic E-state index is 14.0. The standard InChI is InChI=1S/C36H58O12/c1-16(2)36(45)14-19(46-30(36)44)17(3)18-9-10-32(5)20-7-8-21-33(6,29(43)48-28-26(41)24(39)25(40)27(42)47-28)22(37)13-23(38)35(21)15-34(20,35)12-11-31(18,32)4/h16-28,30,37-42,44-45H,7-15H2,1-6H3/t17-,18+,19-,20-,21-,22-,23-,24+,25+,26-,27+,28+,30+,31+,32-,33-,34-,35+,36-/m0/s1. The first-order valence-electron chi connectivity index (χ1n) is 18.3. The topological polar surface area (TPSA) is 207 Å². The molecule has 7 rings (SSSR count). The fraction of sp³-hybridized carbons (Fsp3) is 0.972. The van der Waals surface area contributed by atoms with Crippen LogP contribution in [0, 0.1) is 56.7 Å². The van der Waals surface area contributed by atoms with Gasteiger partial charge in [-0.2, -0.15) is 0 Å². The van der Waals surface area contributed by atoms with Gasteiger partial charge in [0, 0.05) is 18.3 Å². The van der Waals surface area contributed by atoms with E-state index >= 15 is 0 Å². The number of hydrogen-bond acceptors (Lipinski definition) is 12. The molecule has 48 heavy (non-hydrogen) atoms. The number of esters is 1. The number of carbonyl (C=O) groups is 1. The Bertz CT molecular complexity index is 1300. The van der Waals surface area contributed by atoms with E-state index in [1.54, 1.807) is 6.92 Å². The van der Waals surface area contributed by atoms with Crippen molar-refractivity contribution in [3.8, 4) is 0 Å². The number of ether oxygens (including phenoxy) is 3. The van der Waals surface area contributed by atoms with E-state index in [-0.39, 0.29) is 40.6 Å². The number of fused-ring (bicyclic) bond motifs is 2. The molecule has 0 radical (unpaired) electrons. The summed E-state index contributed by atoms with van der Waals surface area (Å²) in [5.41, 5.74) is -3.60. The molecule has 5 aliphatic carbocycles. The predicted molar refractivity (Wildman–Crippen MR) is 168 cm³/mol. The molecule has 0 aromatic carbocycles. The van der Waals surface area contributed by atoms with E-state index in [9.17, 15) is 45.6 Å². The smallest absolute Gasteiger partial charge is 0.317 e. The summed E-state index contributed by atoms with van der Waals surface area (Å²) in [4.78, 5) is 14.0. The van der Waals surface area contributed by atoms with Gasteiger partial charge in [0.15, 0.2) is 12.6 Å². The van der Waals surface area contributed by atoms with Gasteiger partial charge in [-0.3, -0.25) is 4.79 Å². The highest BCUT2D eigenvalue weighted by Crippen LogP contribution is 2.89. The van der Waals surface area contributed by atoms with Gasteiger partial charge in [0.2, 0.25) is 6.29 Å². The second kappa shape index (κ2) is 11.0. The van der Waals surface area contributed by atoms with Gasteiger partial charge in [-0.05, 0) is 97.7 Å². The summed E-state index contributed by atoms with van der Waals surface area (Å²) in [7, 11) is 0. The summed E-state index contributed by atoms with van der Waals surface area (Å²) >= 11 is 0. The van der Waals surface area contributed by atoms with E-state index in [4.69, 9.17) is 14.2 Å². The first-order valence-corrected chi connectivity index (χ1v) is 18.3. The highest BCUT2D eigenvalue weighted by atomic mass is 16.8. The largest absolute Gasteiger partial charge is 0.432 e. The van der Waals surface area contributed by atoms with Crippen LogP contribution >= 0.6 is 0 Å². The quantitative estimate of drug-likeness (QED) is 0.193. The molecule has 0 amide bonds. The molecule has 0 unspecified atom stereocenters. The summed E-state index contributed by atoms with van der Waals surface area (Å²) in [6, 6.07) is 0. The summed E-state index contributed by atoms with van der Waals surface area (Å²) in [5, 5.41) is 85.8. The summed E-state index contributed by atoms with van der Waals surface area (Å²) in [6.07, 6.45) is -6.06. The molecule has 8 N–H and O–H groups in total.